The van der Waals surface area contributed by atoms with Gasteiger partial charge in [0, 0.05) is 17.9 Å². The first kappa shape index (κ1) is 14.9. The molecule has 0 saturated carbocycles. The molecule has 0 amide bonds. The summed E-state index contributed by atoms with van der Waals surface area (Å²) in [5.41, 5.74) is 0. The van der Waals surface area contributed by atoms with Crippen LogP contribution in [0.4, 0.5) is 0 Å². The second-order valence-electron chi connectivity index (χ2n) is 2.44. The minimum absolute atomic E-state index is 0.0761. The lowest BCUT2D eigenvalue weighted by Gasteiger charge is -2.01. The van der Waals surface area contributed by atoms with Crippen molar-refractivity contribution in [1.29, 1.82) is 0 Å². The Kier molecular flexibility index (Phi) is 10.1. The van der Waals surface area contributed by atoms with E-state index in [-0.39, 0.29) is 12.8 Å². The number of unbranched alkanes of at least 4 members (excludes halogenated alkanes) is 1. The molecule has 6 nitrogen and oxygen atoms in total. The van der Waals surface area contributed by atoms with Crippen LogP contribution in [0.1, 0.15) is 32.6 Å². The van der Waals surface area contributed by atoms with Crippen LogP contribution in [-0.4, -0.2) is 17.9 Å². The van der Waals surface area contributed by atoms with E-state index in [1.54, 1.807) is 0 Å². The predicted molar refractivity (Wildman–Crippen MR) is 39.2 cm³/mol. The number of hydrogen-bond donors (Lipinski definition) is 0. The van der Waals surface area contributed by atoms with E-state index in [1.807, 2.05) is 0 Å². The maximum absolute atomic E-state index is 9.77. The van der Waals surface area contributed by atoms with Gasteiger partial charge in [0.2, 0.25) is 0 Å². The van der Waals surface area contributed by atoms with Crippen LogP contribution in [0.3, 0.4) is 0 Å². The Labute approximate surface area is 81.2 Å². The third-order valence-electron chi connectivity index (χ3n) is 1.01. The van der Waals surface area contributed by atoms with E-state index in [1.165, 1.54) is 0 Å². The molecule has 0 atom stereocenters. The number of carbonyl (C=O) groups is 3. The molecule has 0 unspecified atom stereocenters. The van der Waals surface area contributed by atoms with E-state index in [4.69, 9.17) is 9.90 Å². The van der Waals surface area contributed by atoms with Gasteiger partial charge in [-0.25, -0.2) is 0 Å². The molecule has 0 saturated heterocycles. The summed E-state index contributed by atoms with van der Waals surface area (Å²) in [6.07, 6.45) is 0.535. The molecule has 14 heavy (non-hydrogen) atoms. The fourth-order valence-corrected chi connectivity index (χ4v) is 0.539. The Morgan fingerprint density at radius 1 is 0.857 bits per heavy atom. The second-order valence-corrected chi connectivity index (χ2v) is 2.44. The molecule has 82 valence electrons. The highest BCUT2D eigenvalue weighted by Crippen LogP contribution is 1.96. The topological polar surface area (TPSA) is 120 Å². The van der Waals surface area contributed by atoms with Gasteiger partial charge in [0.25, 0.3) is 0 Å². The lowest BCUT2D eigenvalue weighted by molar-refractivity contribution is -0.308. The molecule has 0 aliphatic rings. The number of carboxylic acid groups (broad SMARTS) is 3. The average molecular weight is 203 g/mol. The summed E-state index contributed by atoms with van der Waals surface area (Å²) in [7, 11) is 0. The van der Waals surface area contributed by atoms with Gasteiger partial charge in [-0.1, -0.05) is 0 Å². The first-order valence-electron chi connectivity index (χ1n) is 3.93. The maximum Gasteiger partial charge on any atom is 0.0414 e. The van der Waals surface area contributed by atoms with Gasteiger partial charge in [0.05, 0.1) is 0 Å². The van der Waals surface area contributed by atoms with Crippen molar-refractivity contribution in [3.05, 3.63) is 0 Å². The Bertz CT molecular complexity index is 178. The number of aliphatic carboxylic acids is 3. The third-order valence-corrected chi connectivity index (χ3v) is 1.01. The summed E-state index contributed by atoms with van der Waals surface area (Å²) in [6, 6.07) is 0. The highest BCUT2D eigenvalue weighted by Gasteiger charge is 1.89. The van der Waals surface area contributed by atoms with Gasteiger partial charge in [-0.2, -0.15) is 0 Å². The number of carbonyl (C=O) groups excluding carboxylic acids is 3. The van der Waals surface area contributed by atoms with Gasteiger partial charge in [-0.15, -0.1) is 0 Å². The molecule has 0 fully saturated rings. The first-order valence-corrected chi connectivity index (χ1v) is 3.93. The summed E-state index contributed by atoms with van der Waals surface area (Å²) in [5.74, 6) is -3.36. The van der Waals surface area contributed by atoms with Crippen LogP contribution in [-0.2, 0) is 14.4 Å². The molecule has 0 radical (unpaired) electrons. The SMILES string of the molecule is CC(=O)[O-].O=C([O-])CCCCC(=O)[O-]. The molecule has 0 heterocycles. The van der Waals surface area contributed by atoms with Crippen LogP contribution in [0.15, 0.2) is 0 Å². The largest absolute Gasteiger partial charge is 0.550 e. The van der Waals surface area contributed by atoms with Crippen LogP contribution >= 0.6 is 0 Å². The van der Waals surface area contributed by atoms with Crippen molar-refractivity contribution in [2.75, 3.05) is 0 Å². The Balaban J connectivity index is 0. The number of hydrogen-bond acceptors (Lipinski definition) is 6. The van der Waals surface area contributed by atoms with Gasteiger partial charge in [-0.3, -0.25) is 0 Å². The molecule has 0 aromatic heterocycles. The van der Waals surface area contributed by atoms with Gasteiger partial charge in [0.15, 0.2) is 0 Å². The van der Waals surface area contributed by atoms with Crippen molar-refractivity contribution in [2.24, 2.45) is 0 Å². The number of carboxylic acids is 3. The van der Waals surface area contributed by atoms with E-state index < -0.39 is 17.9 Å². The van der Waals surface area contributed by atoms with E-state index in [0.717, 1.165) is 6.92 Å². The number of rotatable bonds is 5. The van der Waals surface area contributed by atoms with Crippen molar-refractivity contribution >= 4 is 17.9 Å². The van der Waals surface area contributed by atoms with Crippen LogP contribution in [0.5, 0.6) is 0 Å². The standard InChI is InChI=1S/C6H10O4.C2H4O2/c7-5(8)3-1-2-4-6(9)10;1-2(3)4/h1-4H2,(H,7,8)(H,9,10);1H3,(H,3,4)/p-3. The van der Waals surface area contributed by atoms with Gasteiger partial charge in [0.1, 0.15) is 0 Å². The summed E-state index contributed by atoms with van der Waals surface area (Å²) in [5, 5.41) is 28.4. The Morgan fingerprint density at radius 2 is 1.07 bits per heavy atom. The van der Waals surface area contributed by atoms with E-state index in [0.29, 0.717) is 12.8 Å². The molecule has 0 N–H and O–H groups in total. The highest BCUT2D eigenvalue weighted by molar-refractivity contribution is 5.65. The fourth-order valence-electron chi connectivity index (χ4n) is 0.539. The van der Waals surface area contributed by atoms with Crippen LogP contribution < -0.4 is 15.3 Å². The van der Waals surface area contributed by atoms with Gasteiger partial charge >= 0.3 is 0 Å². The summed E-state index contributed by atoms with van der Waals surface area (Å²) < 4.78 is 0. The van der Waals surface area contributed by atoms with Crippen molar-refractivity contribution < 1.29 is 29.7 Å². The maximum atomic E-state index is 9.77. The second kappa shape index (κ2) is 9.50. The Hall–Kier alpha value is -1.59. The first-order chi connectivity index (χ1) is 6.36. The van der Waals surface area contributed by atoms with Crippen LogP contribution in [0.25, 0.3) is 0 Å². The molecule has 0 aromatic rings. The molecule has 0 aliphatic heterocycles. The van der Waals surface area contributed by atoms with E-state index >= 15 is 0 Å². The molecule has 0 bridgehead atoms. The monoisotopic (exact) mass is 203 g/mol. The lowest BCUT2D eigenvalue weighted by Crippen LogP contribution is -2.23. The smallest absolute Gasteiger partial charge is 0.0414 e. The molecule has 0 aliphatic carbocycles. The minimum Gasteiger partial charge on any atom is -0.550 e. The normalized spacial score (nSPS) is 8.36. The van der Waals surface area contributed by atoms with Crippen molar-refractivity contribution in [1.82, 2.24) is 0 Å². The molecule has 0 spiro atoms. The molecule has 0 rings (SSSR count). The third kappa shape index (κ3) is 31.5. The van der Waals surface area contributed by atoms with Crippen LogP contribution in [0, 0.1) is 0 Å². The van der Waals surface area contributed by atoms with E-state index in [9.17, 15) is 19.8 Å². The van der Waals surface area contributed by atoms with Gasteiger partial charge < -0.3 is 29.7 Å². The van der Waals surface area contributed by atoms with Crippen molar-refractivity contribution in [2.45, 2.75) is 32.6 Å². The molecular formula is C8H11O6-3. The Morgan fingerprint density at radius 3 is 1.21 bits per heavy atom. The zero-order valence-electron chi connectivity index (χ0n) is 7.78. The van der Waals surface area contributed by atoms with Crippen molar-refractivity contribution in [3.8, 4) is 0 Å². The quantitative estimate of drug-likeness (QED) is 0.434. The molecular weight excluding hydrogens is 192 g/mol. The summed E-state index contributed by atoms with van der Waals surface area (Å²) >= 11 is 0. The van der Waals surface area contributed by atoms with Gasteiger partial charge in [-0.05, 0) is 32.6 Å². The molecule has 0 aromatic carbocycles. The van der Waals surface area contributed by atoms with Crippen LogP contribution in [0.2, 0.25) is 0 Å². The summed E-state index contributed by atoms with van der Waals surface area (Å²) in [4.78, 5) is 28.4. The highest BCUT2D eigenvalue weighted by atomic mass is 16.4. The fraction of sp³-hybridized carbons (Fsp3) is 0.625. The average Bonchev–Trinajstić information content (AvgIpc) is 1.96. The van der Waals surface area contributed by atoms with E-state index in [2.05, 4.69) is 0 Å². The minimum atomic E-state index is -1.14. The zero-order chi connectivity index (χ0) is 11.6. The predicted octanol–water partition coefficient (Wildman–Crippen LogP) is -3.20. The molecule has 6 heteroatoms. The zero-order valence-corrected chi connectivity index (χ0v) is 7.78. The summed E-state index contributed by atoms with van der Waals surface area (Å²) in [6.45, 7) is 0.972. The van der Waals surface area contributed by atoms with Crippen molar-refractivity contribution in [3.63, 3.8) is 0 Å². The lowest BCUT2D eigenvalue weighted by atomic mass is 10.2.